The molecule has 1 fully saturated rings. The highest BCUT2D eigenvalue weighted by Gasteiger charge is 2.24. The van der Waals surface area contributed by atoms with Crippen LogP contribution in [0.4, 0.5) is 5.69 Å². The largest absolute Gasteiger partial charge is 0.394 e. The number of para-hydroxylation sites is 1. The monoisotopic (exact) mass is 228 g/mol. The van der Waals surface area contributed by atoms with Crippen LogP contribution in [0.15, 0.2) is 36.5 Å². The molecule has 3 rings (SSSR count). The number of aliphatic hydroxyl groups excluding tert-OH is 1. The molecule has 1 N–H and O–H groups in total. The quantitative estimate of drug-likeness (QED) is 0.856. The van der Waals surface area contributed by atoms with E-state index in [-0.39, 0.29) is 12.6 Å². The first-order chi connectivity index (χ1) is 8.40. The lowest BCUT2D eigenvalue weighted by Crippen LogP contribution is -2.32. The predicted molar refractivity (Wildman–Crippen MR) is 69.2 cm³/mol. The molecule has 1 unspecified atom stereocenters. The molecule has 1 aromatic carbocycles. The van der Waals surface area contributed by atoms with Gasteiger partial charge in [0.05, 0.1) is 18.2 Å². The number of benzene rings is 1. The lowest BCUT2D eigenvalue weighted by Gasteiger charge is -2.26. The molecule has 0 bridgehead atoms. The molecule has 88 valence electrons. The average molecular weight is 228 g/mol. The van der Waals surface area contributed by atoms with Gasteiger partial charge < -0.3 is 10.0 Å². The van der Waals surface area contributed by atoms with E-state index in [1.807, 2.05) is 24.4 Å². The van der Waals surface area contributed by atoms with Crippen LogP contribution in [0, 0.1) is 0 Å². The summed E-state index contributed by atoms with van der Waals surface area (Å²) in [5.41, 5.74) is 2.22. The number of fused-ring (bicyclic) bond motifs is 1. The lowest BCUT2D eigenvalue weighted by molar-refractivity contribution is 0.266. The molecule has 0 saturated carbocycles. The number of hydrogen-bond acceptors (Lipinski definition) is 3. The molecule has 1 saturated heterocycles. The van der Waals surface area contributed by atoms with Crippen LogP contribution in [0.1, 0.15) is 12.8 Å². The maximum absolute atomic E-state index is 9.41. The van der Waals surface area contributed by atoms with E-state index in [1.165, 1.54) is 11.1 Å². The van der Waals surface area contributed by atoms with Crippen molar-refractivity contribution in [3.63, 3.8) is 0 Å². The van der Waals surface area contributed by atoms with Crippen LogP contribution in [0.2, 0.25) is 0 Å². The maximum atomic E-state index is 9.41. The van der Waals surface area contributed by atoms with Crippen LogP contribution in [0.5, 0.6) is 0 Å². The minimum Gasteiger partial charge on any atom is -0.394 e. The standard InChI is InChI=1S/C14H16N2O/c17-10-11-4-3-9-16(11)14-7-8-15-13-6-2-1-5-12(13)14/h1-2,5-8,11,17H,3-4,9-10H2. The normalized spacial score (nSPS) is 20.1. The van der Waals surface area contributed by atoms with Gasteiger partial charge in [0.1, 0.15) is 0 Å². The number of aliphatic hydroxyl groups is 1. The topological polar surface area (TPSA) is 36.4 Å². The van der Waals surface area contributed by atoms with Crippen molar-refractivity contribution in [1.82, 2.24) is 4.98 Å². The summed E-state index contributed by atoms with van der Waals surface area (Å²) in [5, 5.41) is 10.6. The Morgan fingerprint density at radius 2 is 2.18 bits per heavy atom. The van der Waals surface area contributed by atoms with Crippen LogP contribution < -0.4 is 4.90 Å². The molecule has 1 aliphatic heterocycles. The first kappa shape index (κ1) is 10.5. The average Bonchev–Trinajstić information content (AvgIpc) is 2.86. The molecule has 3 nitrogen and oxygen atoms in total. The van der Waals surface area contributed by atoms with Crippen LogP contribution >= 0.6 is 0 Å². The zero-order chi connectivity index (χ0) is 11.7. The van der Waals surface area contributed by atoms with Crippen molar-refractivity contribution in [3.05, 3.63) is 36.5 Å². The fourth-order valence-electron chi connectivity index (χ4n) is 2.67. The molecule has 1 aliphatic rings. The predicted octanol–water partition coefficient (Wildman–Crippen LogP) is 2.20. The molecule has 0 radical (unpaired) electrons. The van der Waals surface area contributed by atoms with Gasteiger partial charge >= 0.3 is 0 Å². The Hall–Kier alpha value is -1.61. The SMILES string of the molecule is OCC1CCCN1c1ccnc2ccccc12. The summed E-state index contributed by atoms with van der Waals surface area (Å²) in [5.74, 6) is 0. The zero-order valence-electron chi connectivity index (χ0n) is 9.71. The number of anilines is 1. The lowest BCUT2D eigenvalue weighted by atomic mass is 10.1. The third-order valence-electron chi connectivity index (χ3n) is 3.52. The van der Waals surface area contributed by atoms with Gasteiger partial charge in [0.15, 0.2) is 0 Å². The Bertz CT molecular complexity index is 521. The van der Waals surface area contributed by atoms with Gasteiger partial charge in [-0.1, -0.05) is 18.2 Å². The van der Waals surface area contributed by atoms with Crippen LogP contribution in [-0.4, -0.2) is 29.3 Å². The summed E-state index contributed by atoms with van der Waals surface area (Å²) in [7, 11) is 0. The molecular weight excluding hydrogens is 212 g/mol. The van der Waals surface area contributed by atoms with Crippen LogP contribution in [-0.2, 0) is 0 Å². The van der Waals surface area contributed by atoms with Crippen molar-refractivity contribution in [3.8, 4) is 0 Å². The third-order valence-corrected chi connectivity index (χ3v) is 3.52. The van der Waals surface area contributed by atoms with Gasteiger partial charge in [-0.25, -0.2) is 0 Å². The van der Waals surface area contributed by atoms with Crippen molar-refractivity contribution >= 4 is 16.6 Å². The van der Waals surface area contributed by atoms with Gasteiger partial charge in [0.2, 0.25) is 0 Å². The summed E-state index contributed by atoms with van der Waals surface area (Å²) in [6.07, 6.45) is 4.08. The number of hydrogen-bond donors (Lipinski definition) is 1. The summed E-state index contributed by atoms with van der Waals surface area (Å²) < 4.78 is 0. The second-order valence-electron chi connectivity index (χ2n) is 4.52. The molecule has 1 aromatic heterocycles. The van der Waals surface area contributed by atoms with E-state index in [4.69, 9.17) is 0 Å². The highest BCUT2D eigenvalue weighted by Crippen LogP contribution is 2.30. The summed E-state index contributed by atoms with van der Waals surface area (Å²) in [6, 6.07) is 10.5. The fourth-order valence-corrected chi connectivity index (χ4v) is 2.67. The van der Waals surface area contributed by atoms with Crippen molar-refractivity contribution < 1.29 is 5.11 Å². The van der Waals surface area contributed by atoms with E-state index >= 15 is 0 Å². The molecule has 1 atom stereocenters. The van der Waals surface area contributed by atoms with Gasteiger partial charge in [0.25, 0.3) is 0 Å². The van der Waals surface area contributed by atoms with Crippen molar-refractivity contribution in [2.24, 2.45) is 0 Å². The van der Waals surface area contributed by atoms with Gasteiger partial charge in [-0.2, -0.15) is 0 Å². The van der Waals surface area contributed by atoms with Crippen molar-refractivity contribution in [1.29, 1.82) is 0 Å². The van der Waals surface area contributed by atoms with E-state index in [2.05, 4.69) is 22.0 Å². The summed E-state index contributed by atoms with van der Waals surface area (Å²) in [4.78, 5) is 6.68. The molecule has 3 heteroatoms. The number of aromatic nitrogens is 1. The Morgan fingerprint density at radius 1 is 1.29 bits per heavy atom. The van der Waals surface area contributed by atoms with E-state index in [9.17, 15) is 5.11 Å². The Kier molecular flexibility index (Phi) is 2.69. The first-order valence-corrected chi connectivity index (χ1v) is 6.11. The maximum Gasteiger partial charge on any atom is 0.0722 e. The summed E-state index contributed by atoms with van der Waals surface area (Å²) >= 11 is 0. The highest BCUT2D eigenvalue weighted by molar-refractivity contribution is 5.91. The highest BCUT2D eigenvalue weighted by atomic mass is 16.3. The van der Waals surface area contributed by atoms with Crippen LogP contribution in [0.3, 0.4) is 0 Å². The number of nitrogens with zero attached hydrogens (tertiary/aromatic N) is 2. The molecule has 0 amide bonds. The molecule has 17 heavy (non-hydrogen) atoms. The molecular formula is C14H16N2O. The number of rotatable bonds is 2. The van der Waals surface area contributed by atoms with Gasteiger partial charge in [-0.15, -0.1) is 0 Å². The van der Waals surface area contributed by atoms with Crippen molar-refractivity contribution in [2.45, 2.75) is 18.9 Å². The minimum absolute atomic E-state index is 0.233. The van der Waals surface area contributed by atoms with E-state index in [0.29, 0.717) is 0 Å². The second-order valence-corrected chi connectivity index (χ2v) is 4.52. The Morgan fingerprint density at radius 3 is 3.06 bits per heavy atom. The smallest absolute Gasteiger partial charge is 0.0722 e. The summed E-state index contributed by atoms with van der Waals surface area (Å²) in [6.45, 7) is 1.26. The minimum atomic E-state index is 0.233. The molecule has 0 spiro atoms. The van der Waals surface area contributed by atoms with Gasteiger partial charge in [-0.3, -0.25) is 4.98 Å². The first-order valence-electron chi connectivity index (χ1n) is 6.11. The van der Waals surface area contributed by atoms with E-state index in [1.54, 1.807) is 0 Å². The fraction of sp³-hybridized carbons (Fsp3) is 0.357. The van der Waals surface area contributed by atoms with Crippen LogP contribution in [0.25, 0.3) is 10.9 Å². The molecule has 2 heterocycles. The Balaban J connectivity index is 2.10. The van der Waals surface area contributed by atoms with E-state index < -0.39 is 0 Å². The van der Waals surface area contributed by atoms with Gasteiger partial charge in [-0.05, 0) is 25.0 Å². The molecule has 0 aliphatic carbocycles. The van der Waals surface area contributed by atoms with E-state index in [0.717, 1.165) is 24.9 Å². The van der Waals surface area contributed by atoms with Gasteiger partial charge in [0, 0.05) is 23.8 Å². The zero-order valence-corrected chi connectivity index (χ0v) is 9.71. The number of pyridine rings is 1. The molecule has 2 aromatic rings. The van der Waals surface area contributed by atoms with Crippen molar-refractivity contribution in [2.75, 3.05) is 18.1 Å². The second kappa shape index (κ2) is 4.34. The third kappa shape index (κ3) is 1.76. The Labute approximate surface area is 101 Å².